The lowest BCUT2D eigenvalue weighted by molar-refractivity contribution is -0.146. The number of carbonyl (C=O) groups is 2. The average Bonchev–Trinajstić information content (AvgIpc) is 3.30. The molecule has 0 radical (unpaired) electrons. The Kier molecular flexibility index (Phi) is 7.60. The van der Waals surface area contributed by atoms with Gasteiger partial charge in [0, 0.05) is 23.6 Å². The third-order valence-electron chi connectivity index (χ3n) is 5.36. The van der Waals surface area contributed by atoms with Crippen LogP contribution < -0.4 is 10.1 Å². The van der Waals surface area contributed by atoms with Crippen LogP contribution in [0.15, 0.2) is 78.9 Å². The summed E-state index contributed by atoms with van der Waals surface area (Å²) in [5, 5.41) is 3.71. The summed E-state index contributed by atoms with van der Waals surface area (Å²) in [6, 6.07) is 17.4. The second kappa shape index (κ2) is 11.2. The fourth-order valence-corrected chi connectivity index (χ4v) is 3.71. The second-order valence-corrected chi connectivity index (χ2v) is 7.54. The lowest BCUT2D eigenvalue weighted by atomic mass is 10.1. The summed E-state index contributed by atoms with van der Waals surface area (Å²) in [6.07, 6.45) is 4.66. The lowest BCUT2D eigenvalue weighted by Gasteiger charge is -2.09. The van der Waals surface area contributed by atoms with E-state index >= 15 is 0 Å². The lowest BCUT2D eigenvalue weighted by Crippen LogP contribution is -2.19. The summed E-state index contributed by atoms with van der Waals surface area (Å²) < 4.78 is 17.3. The number of aromatic nitrogens is 3. The fraction of sp³-hybridized carbons (Fsp3) is 0.185. The predicted octanol–water partition coefficient (Wildman–Crippen LogP) is 4.52. The fourth-order valence-electron chi connectivity index (χ4n) is 3.71. The molecule has 1 N–H and O–H groups in total. The monoisotopic (exact) mass is 486 g/mol. The maximum atomic E-state index is 12.4. The Morgan fingerprint density at radius 1 is 0.944 bits per heavy atom. The molecule has 2 aromatic heterocycles. The Hall–Kier alpha value is -4.66. The third-order valence-corrected chi connectivity index (χ3v) is 5.36. The highest BCUT2D eigenvalue weighted by Gasteiger charge is 2.22. The highest BCUT2D eigenvalue weighted by atomic mass is 16.6. The van der Waals surface area contributed by atoms with Crippen LogP contribution in [0.5, 0.6) is 5.75 Å². The molecule has 0 spiro atoms. The van der Waals surface area contributed by atoms with E-state index in [-0.39, 0.29) is 18.8 Å². The van der Waals surface area contributed by atoms with Crippen molar-refractivity contribution in [1.29, 1.82) is 0 Å². The molecule has 36 heavy (non-hydrogen) atoms. The van der Waals surface area contributed by atoms with Crippen molar-refractivity contribution in [2.24, 2.45) is 0 Å². The number of ether oxygens (including phenoxy) is 3. The number of benzene rings is 2. The van der Waals surface area contributed by atoms with Gasteiger partial charge in [-0.2, -0.15) is 0 Å². The number of hydrogen-bond acceptors (Lipinski definition) is 8. The van der Waals surface area contributed by atoms with Crippen molar-refractivity contribution in [3.8, 4) is 22.6 Å². The Morgan fingerprint density at radius 2 is 1.61 bits per heavy atom. The van der Waals surface area contributed by atoms with Crippen LogP contribution in [0.3, 0.4) is 0 Å². The molecule has 0 fully saturated rings. The van der Waals surface area contributed by atoms with Gasteiger partial charge in [0.2, 0.25) is 0 Å². The quantitative estimate of drug-likeness (QED) is 0.159. The van der Waals surface area contributed by atoms with Crippen LogP contribution in [0, 0.1) is 0 Å². The molecule has 0 atom stereocenters. The topological polar surface area (TPSA) is 105 Å². The Balaban J connectivity index is 1.87. The number of hydrogen-bond donors (Lipinski definition) is 1. The van der Waals surface area contributed by atoms with Crippen LogP contribution in [0.2, 0.25) is 0 Å². The molecule has 0 saturated carbocycles. The highest BCUT2D eigenvalue weighted by Crippen LogP contribution is 2.36. The summed E-state index contributed by atoms with van der Waals surface area (Å²) in [7, 11) is 1.61. The Bertz CT molecular complexity index is 1380. The van der Waals surface area contributed by atoms with Crippen molar-refractivity contribution in [2.75, 3.05) is 25.6 Å². The average molecular weight is 487 g/mol. The maximum absolute atomic E-state index is 12.4. The molecule has 0 aliphatic heterocycles. The van der Waals surface area contributed by atoms with Crippen LogP contribution in [-0.2, 0) is 19.1 Å². The molecule has 4 aromatic rings. The van der Waals surface area contributed by atoms with E-state index in [0.29, 0.717) is 16.9 Å². The molecule has 184 valence electrons. The smallest absolute Gasteiger partial charge is 0.347 e. The van der Waals surface area contributed by atoms with Crippen molar-refractivity contribution in [1.82, 2.24) is 14.5 Å². The number of anilines is 1. The first-order valence-electron chi connectivity index (χ1n) is 11.4. The van der Waals surface area contributed by atoms with Crippen LogP contribution in [0.4, 0.5) is 5.82 Å². The van der Waals surface area contributed by atoms with Gasteiger partial charge in [0.05, 0.1) is 25.7 Å². The first-order valence-corrected chi connectivity index (χ1v) is 11.4. The standard InChI is InChI=1S/C27H26N4O5/c1-4-35-26(32)21(27(33)36-5-2)15-28-24-23-22(18-11-13-20(34-3)14-12-18)16-31(25(23)30-17-29-24)19-9-7-6-8-10-19/h6-17H,4-5H2,1-3H3,(H,28,29,30). The van der Waals surface area contributed by atoms with E-state index < -0.39 is 11.9 Å². The molecule has 0 unspecified atom stereocenters. The molecule has 0 aliphatic rings. The summed E-state index contributed by atoms with van der Waals surface area (Å²) in [5.41, 5.74) is 3.06. The first kappa shape index (κ1) is 24.5. The molecule has 4 rings (SSSR count). The normalized spacial score (nSPS) is 10.5. The number of para-hydroxylation sites is 1. The zero-order valence-electron chi connectivity index (χ0n) is 20.2. The van der Waals surface area contributed by atoms with Gasteiger partial charge in [-0.15, -0.1) is 0 Å². The Labute approximate surface area is 208 Å². The highest BCUT2D eigenvalue weighted by molar-refractivity contribution is 6.14. The molecule has 2 aromatic carbocycles. The van der Waals surface area contributed by atoms with E-state index in [1.165, 1.54) is 12.5 Å². The minimum absolute atomic E-state index is 0.120. The van der Waals surface area contributed by atoms with Crippen LogP contribution in [-0.4, -0.2) is 46.8 Å². The van der Waals surface area contributed by atoms with Gasteiger partial charge in [-0.1, -0.05) is 30.3 Å². The summed E-state index contributed by atoms with van der Waals surface area (Å²) in [4.78, 5) is 33.7. The minimum Gasteiger partial charge on any atom is -0.497 e. The van der Waals surface area contributed by atoms with E-state index in [4.69, 9.17) is 14.2 Å². The SMILES string of the molecule is CCOC(=O)C(=CNc1ncnc2c1c(-c1ccc(OC)cc1)cn2-c1ccccc1)C(=O)OCC. The van der Waals surface area contributed by atoms with E-state index in [0.717, 1.165) is 22.6 Å². The van der Waals surface area contributed by atoms with Crippen LogP contribution in [0.1, 0.15) is 13.8 Å². The summed E-state index contributed by atoms with van der Waals surface area (Å²) in [6.45, 7) is 3.56. The van der Waals surface area contributed by atoms with Gasteiger partial charge in [0.25, 0.3) is 0 Å². The van der Waals surface area contributed by atoms with E-state index in [9.17, 15) is 9.59 Å². The molecule has 9 nitrogen and oxygen atoms in total. The van der Waals surface area contributed by atoms with E-state index in [2.05, 4.69) is 15.3 Å². The van der Waals surface area contributed by atoms with Gasteiger partial charge < -0.3 is 24.1 Å². The summed E-state index contributed by atoms with van der Waals surface area (Å²) >= 11 is 0. The molecule has 0 aliphatic carbocycles. The van der Waals surface area contributed by atoms with Gasteiger partial charge >= 0.3 is 11.9 Å². The molecular weight excluding hydrogens is 460 g/mol. The molecule has 9 heteroatoms. The van der Waals surface area contributed by atoms with Gasteiger partial charge in [-0.3, -0.25) is 0 Å². The van der Waals surface area contributed by atoms with E-state index in [1.54, 1.807) is 21.0 Å². The number of nitrogens with one attached hydrogen (secondary N) is 1. The number of methoxy groups -OCH3 is 1. The Morgan fingerprint density at radius 3 is 2.22 bits per heavy atom. The van der Waals surface area contributed by atoms with Crippen molar-refractivity contribution >= 4 is 28.8 Å². The van der Waals surface area contributed by atoms with Gasteiger partial charge in [0.1, 0.15) is 17.9 Å². The number of fused-ring (bicyclic) bond motifs is 1. The third kappa shape index (κ3) is 5.05. The number of esters is 2. The largest absolute Gasteiger partial charge is 0.497 e. The van der Waals surface area contributed by atoms with Crippen molar-refractivity contribution in [3.63, 3.8) is 0 Å². The number of carbonyl (C=O) groups excluding carboxylic acids is 2. The van der Waals surface area contributed by atoms with Gasteiger partial charge in [-0.25, -0.2) is 19.6 Å². The predicted molar refractivity (Wildman–Crippen MR) is 136 cm³/mol. The molecule has 0 amide bonds. The minimum atomic E-state index is -0.786. The number of rotatable bonds is 9. The molecule has 0 bridgehead atoms. The molecule has 0 saturated heterocycles. The molecular formula is C27H26N4O5. The first-order chi connectivity index (χ1) is 17.6. The van der Waals surface area contributed by atoms with Crippen LogP contribution >= 0.6 is 0 Å². The second-order valence-electron chi connectivity index (χ2n) is 7.54. The van der Waals surface area contributed by atoms with E-state index in [1.807, 2.05) is 65.4 Å². The van der Waals surface area contributed by atoms with Gasteiger partial charge in [-0.05, 0) is 43.7 Å². The van der Waals surface area contributed by atoms with Gasteiger partial charge in [0.15, 0.2) is 11.2 Å². The number of nitrogens with zero attached hydrogens (tertiary/aromatic N) is 3. The van der Waals surface area contributed by atoms with Crippen molar-refractivity contribution < 1.29 is 23.8 Å². The summed E-state index contributed by atoms with van der Waals surface area (Å²) in [5.74, 6) is -0.430. The van der Waals surface area contributed by atoms with Crippen molar-refractivity contribution in [2.45, 2.75) is 13.8 Å². The van der Waals surface area contributed by atoms with Crippen molar-refractivity contribution in [3.05, 3.63) is 78.9 Å². The maximum Gasteiger partial charge on any atom is 0.347 e. The zero-order valence-corrected chi connectivity index (χ0v) is 20.2. The van der Waals surface area contributed by atoms with Crippen LogP contribution in [0.25, 0.3) is 27.8 Å². The molecule has 2 heterocycles. The zero-order chi connectivity index (χ0) is 25.5.